The molecule has 0 aliphatic heterocycles. The second kappa shape index (κ2) is 6.49. The molecule has 0 saturated heterocycles. The van der Waals surface area contributed by atoms with Crippen LogP contribution in [0.1, 0.15) is 12.0 Å². The summed E-state index contributed by atoms with van der Waals surface area (Å²) < 4.78 is 20.0. The minimum atomic E-state index is -1.09. The molecule has 1 unspecified atom stereocenters. The summed E-state index contributed by atoms with van der Waals surface area (Å²) in [5.74, 6) is 0.697. The monoisotopic (exact) mass is 229 g/mol. The highest BCUT2D eigenvalue weighted by atomic mass is 31.1. The molecule has 2 N–H and O–H groups in total. The van der Waals surface area contributed by atoms with Crippen molar-refractivity contribution in [2.75, 3.05) is 19.5 Å². The van der Waals surface area contributed by atoms with Crippen molar-refractivity contribution in [3.05, 3.63) is 23.8 Å². The average Bonchev–Trinajstić information content (AvgIpc) is 2.26. The lowest BCUT2D eigenvalue weighted by Gasteiger charge is -2.07. The summed E-state index contributed by atoms with van der Waals surface area (Å²) in [4.78, 5) is 0. The first-order valence-electron chi connectivity index (χ1n) is 4.75. The van der Waals surface area contributed by atoms with Crippen LogP contribution in [-0.4, -0.2) is 13.7 Å². The molecule has 1 aromatic rings. The fourth-order valence-corrected chi connectivity index (χ4v) is 1.58. The molecule has 1 aromatic carbocycles. The van der Waals surface area contributed by atoms with Crippen LogP contribution in [0.25, 0.3) is 0 Å². The van der Waals surface area contributed by atoms with Crippen molar-refractivity contribution in [1.82, 2.24) is 0 Å². The lowest BCUT2D eigenvalue weighted by Crippen LogP contribution is -1.95. The molecule has 0 aliphatic carbocycles. The highest BCUT2D eigenvalue weighted by molar-refractivity contribution is 7.17. The molecule has 84 valence electrons. The van der Waals surface area contributed by atoms with Crippen LogP contribution in [0, 0.1) is 0 Å². The largest absolute Gasteiger partial charge is 0.495 e. The highest BCUT2D eigenvalue weighted by Gasteiger charge is 2.00. The normalized spacial score (nSPS) is 11.0. The Morgan fingerprint density at radius 1 is 1.47 bits per heavy atom. The Bertz CT molecular complexity index is 330. The minimum Gasteiger partial charge on any atom is -0.495 e. The number of hydrogen-bond donors (Lipinski definition) is 1. The van der Waals surface area contributed by atoms with E-state index in [1.807, 2.05) is 18.2 Å². The van der Waals surface area contributed by atoms with Gasteiger partial charge in [0.2, 0.25) is 0 Å². The van der Waals surface area contributed by atoms with E-state index < -0.39 is 8.69 Å². The van der Waals surface area contributed by atoms with Crippen LogP contribution in [0.4, 0.5) is 5.69 Å². The lowest BCUT2D eigenvalue weighted by atomic mass is 10.1. The van der Waals surface area contributed by atoms with Gasteiger partial charge in [0.1, 0.15) is 5.75 Å². The van der Waals surface area contributed by atoms with E-state index in [0.717, 1.165) is 18.4 Å². The number of benzene rings is 1. The summed E-state index contributed by atoms with van der Waals surface area (Å²) in [6.07, 6.45) is 1.72. The van der Waals surface area contributed by atoms with Crippen LogP contribution in [0.15, 0.2) is 18.2 Å². The number of nitrogens with two attached hydrogens (primary N) is 1. The van der Waals surface area contributed by atoms with Crippen molar-refractivity contribution >= 4 is 14.4 Å². The fourth-order valence-electron chi connectivity index (χ4n) is 1.32. The third-order valence-electron chi connectivity index (χ3n) is 2.09. The number of ether oxygens (including phenoxy) is 1. The molecule has 0 radical (unpaired) electrons. The number of aryl methyl sites for hydroxylation is 1. The molecule has 5 heteroatoms. The van der Waals surface area contributed by atoms with Crippen molar-refractivity contribution in [1.29, 1.82) is 0 Å². The SMILES string of the molecule is COc1cc(CCCO[PH2]=O)ccc1N. The van der Waals surface area contributed by atoms with Crippen molar-refractivity contribution in [3.63, 3.8) is 0 Å². The Kier molecular flexibility index (Phi) is 5.22. The van der Waals surface area contributed by atoms with E-state index in [1.165, 1.54) is 0 Å². The Morgan fingerprint density at radius 3 is 2.93 bits per heavy atom. The second-order valence-electron chi connectivity index (χ2n) is 3.15. The molecule has 4 nitrogen and oxygen atoms in total. The van der Waals surface area contributed by atoms with Gasteiger partial charge in [-0.1, -0.05) is 6.07 Å². The maximum absolute atomic E-state index is 10.1. The molecular weight excluding hydrogens is 213 g/mol. The molecule has 1 rings (SSSR count). The van der Waals surface area contributed by atoms with Crippen LogP contribution in [0.5, 0.6) is 5.75 Å². The topological polar surface area (TPSA) is 61.5 Å². The molecule has 0 bridgehead atoms. The quantitative estimate of drug-likeness (QED) is 0.459. The molecular formula is C10H16NO3P. The zero-order chi connectivity index (χ0) is 11.1. The predicted octanol–water partition coefficient (Wildman–Crippen LogP) is 1.90. The van der Waals surface area contributed by atoms with Crippen LogP contribution < -0.4 is 10.5 Å². The molecule has 0 saturated carbocycles. The molecule has 1 atom stereocenters. The number of nitrogen functional groups attached to an aromatic ring is 1. The third-order valence-corrected chi connectivity index (χ3v) is 2.47. The average molecular weight is 229 g/mol. The van der Waals surface area contributed by atoms with Gasteiger partial charge in [-0.15, -0.1) is 0 Å². The van der Waals surface area contributed by atoms with Crippen LogP contribution in [-0.2, 0) is 15.5 Å². The smallest absolute Gasteiger partial charge is 0.179 e. The molecule has 15 heavy (non-hydrogen) atoms. The predicted molar refractivity (Wildman–Crippen MR) is 62.1 cm³/mol. The Balaban J connectivity index is 2.50. The van der Waals surface area contributed by atoms with Gasteiger partial charge in [-0.3, -0.25) is 4.57 Å². The Hall–Kier alpha value is -0.990. The summed E-state index contributed by atoms with van der Waals surface area (Å²) >= 11 is 0. The first-order chi connectivity index (χ1) is 7.27. The molecule has 0 aliphatic rings. The van der Waals surface area contributed by atoms with Crippen molar-refractivity contribution in [2.24, 2.45) is 0 Å². The first-order valence-corrected chi connectivity index (χ1v) is 5.70. The van der Waals surface area contributed by atoms with Gasteiger partial charge in [0.15, 0.2) is 8.69 Å². The van der Waals surface area contributed by atoms with Gasteiger partial charge in [0.25, 0.3) is 0 Å². The van der Waals surface area contributed by atoms with Crippen molar-refractivity contribution in [3.8, 4) is 5.75 Å². The van der Waals surface area contributed by atoms with E-state index in [4.69, 9.17) is 15.0 Å². The zero-order valence-electron chi connectivity index (χ0n) is 8.73. The van der Waals surface area contributed by atoms with Crippen molar-refractivity contribution in [2.45, 2.75) is 12.8 Å². The molecule has 0 fully saturated rings. The highest BCUT2D eigenvalue weighted by Crippen LogP contribution is 2.22. The second-order valence-corrected chi connectivity index (χ2v) is 3.67. The number of anilines is 1. The summed E-state index contributed by atoms with van der Waals surface area (Å²) in [6, 6.07) is 5.70. The Morgan fingerprint density at radius 2 is 2.27 bits per heavy atom. The van der Waals surface area contributed by atoms with Crippen LogP contribution in [0.3, 0.4) is 0 Å². The van der Waals surface area contributed by atoms with E-state index in [1.54, 1.807) is 7.11 Å². The van der Waals surface area contributed by atoms with E-state index in [2.05, 4.69) is 0 Å². The van der Waals surface area contributed by atoms with E-state index in [-0.39, 0.29) is 0 Å². The van der Waals surface area contributed by atoms with Gasteiger partial charge >= 0.3 is 0 Å². The molecule has 0 aromatic heterocycles. The van der Waals surface area contributed by atoms with Crippen LogP contribution >= 0.6 is 8.69 Å². The number of hydrogen-bond acceptors (Lipinski definition) is 4. The van der Waals surface area contributed by atoms with E-state index in [0.29, 0.717) is 18.0 Å². The molecule has 0 spiro atoms. The van der Waals surface area contributed by atoms with E-state index in [9.17, 15) is 4.57 Å². The van der Waals surface area contributed by atoms with Crippen molar-refractivity contribution < 1.29 is 13.8 Å². The minimum absolute atomic E-state index is 0.533. The van der Waals surface area contributed by atoms with Gasteiger partial charge in [0, 0.05) is 0 Å². The summed E-state index contributed by atoms with van der Waals surface area (Å²) in [5.41, 5.74) is 7.47. The van der Waals surface area contributed by atoms with Gasteiger partial charge in [-0.25, -0.2) is 0 Å². The third kappa shape index (κ3) is 3.94. The lowest BCUT2D eigenvalue weighted by molar-refractivity contribution is 0.335. The summed E-state index contributed by atoms with van der Waals surface area (Å²) in [7, 11) is 0.510. The van der Waals surface area contributed by atoms with Crippen LogP contribution in [0.2, 0.25) is 0 Å². The fraction of sp³-hybridized carbons (Fsp3) is 0.400. The van der Waals surface area contributed by atoms with E-state index >= 15 is 0 Å². The van der Waals surface area contributed by atoms with Gasteiger partial charge in [-0.2, -0.15) is 0 Å². The molecule has 0 heterocycles. The van der Waals surface area contributed by atoms with Gasteiger partial charge in [0.05, 0.1) is 19.4 Å². The van der Waals surface area contributed by atoms with Gasteiger partial charge in [-0.05, 0) is 30.5 Å². The van der Waals surface area contributed by atoms with Gasteiger partial charge < -0.3 is 15.0 Å². The zero-order valence-corrected chi connectivity index (χ0v) is 9.89. The standard InChI is InChI=1S/C10H16NO3P/c1-13-10-7-8(4-5-9(10)11)3-2-6-14-15-12/h4-5,7H,2-3,6,11,15H2,1H3. The number of methoxy groups -OCH3 is 1. The Labute approximate surface area is 90.7 Å². The summed E-state index contributed by atoms with van der Waals surface area (Å²) in [6.45, 7) is 0.533. The first kappa shape index (κ1) is 12.1. The number of rotatable bonds is 6. The summed E-state index contributed by atoms with van der Waals surface area (Å²) in [5, 5.41) is 0. The maximum atomic E-state index is 10.1. The molecule has 0 amide bonds. The maximum Gasteiger partial charge on any atom is 0.179 e.